The number of aromatic nitrogens is 4. The zero-order valence-electron chi connectivity index (χ0n) is 13.9. The quantitative estimate of drug-likeness (QED) is 0.627. The van der Waals surface area contributed by atoms with E-state index in [4.69, 9.17) is 5.14 Å². The van der Waals surface area contributed by atoms with Gasteiger partial charge >= 0.3 is 0 Å². The van der Waals surface area contributed by atoms with Crippen molar-refractivity contribution in [1.82, 2.24) is 25.5 Å². The number of hydrogen-bond acceptors (Lipinski definition) is 6. The van der Waals surface area contributed by atoms with Crippen LogP contribution in [0.5, 0.6) is 0 Å². The first-order chi connectivity index (χ1) is 12.8. The smallest absolute Gasteiger partial charge is 0.253 e. The Hall–Kier alpha value is -3.18. The summed E-state index contributed by atoms with van der Waals surface area (Å²) in [5.41, 5.74) is 1.24. The summed E-state index contributed by atoms with van der Waals surface area (Å²) in [7, 11) is -3.74. The fourth-order valence-corrected chi connectivity index (χ4v) is 2.94. The van der Waals surface area contributed by atoms with Gasteiger partial charge in [-0.2, -0.15) is 4.68 Å². The molecule has 140 valence electrons. The molecule has 0 radical (unpaired) electrons. The number of tetrazole rings is 1. The zero-order chi connectivity index (χ0) is 19.4. The average Bonchev–Trinajstić information content (AvgIpc) is 3.15. The number of nitrogens with two attached hydrogens (primary N) is 1. The third kappa shape index (κ3) is 4.51. The topological polar surface area (TPSA) is 133 Å². The SMILES string of the molecule is NS(=O)(=O)c1ccc(CCNC(=O)c2cc(F)ccc2-n2cnnn2)cc1. The van der Waals surface area contributed by atoms with E-state index in [9.17, 15) is 17.6 Å². The van der Waals surface area contributed by atoms with E-state index in [2.05, 4.69) is 20.8 Å². The maximum absolute atomic E-state index is 13.6. The molecule has 0 spiro atoms. The number of sulfonamides is 1. The minimum Gasteiger partial charge on any atom is -0.352 e. The highest BCUT2D eigenvalue weighted by atomic mass is 32.2. The van der Waals surface area contributed by atoms with Crippen molar-refractivity contribution >= 4 is 15.9 Å². The number of benzene rings is 2. The first-order valence-electron chi connectivity index (χ1n) is 7.77. The van der Waals surface area contributed by atoms with Crippen LogP contribution in [0.2, 0.25) is 0 Å². The summed E-state index contributed by atoms with van der Waals surface area (Å²) in [5.74, 6) is -1.04. The van der Waals surface area contributed by atoms with Gasteiger partial charge in [0.15, 0.2) is 0 Å². The molecule has 2 aromatic carbocycles. The van der Waals surface area contributed by atoms with Gasteiger partial charge in [-0.25, -0.2) is 17.9 Å². The standard InChI is InChI=1S/C16H15FN6O3S/c17-12-3-6-15(23-10-20-21-22-23)14(9-12)16(24)19-8-7-11-1-4-13(5-2-11)27(18,25)26/h1-6,9-10H,7-8H2,(H,19,24)(H2,18,25,26). The fraction of sp³-hybridized carbons (Fsp3) is 0.125. The van der Waals surface area contributed by atoms with E-state index >= 15 is 0 Å². The molecule has 0 saturated heterocycles. The predicted molar refractivity (Wildman–Crippen MR) is 93.0 cm³/mol. The molecule has 0 aliphatic carbocycles. The molecule has 1 heterocycles. The van der Waals surface area contributed by atoms with Crippen molar-refractivity contribution in [2.75, 3.05) is 6.54 Å². The van der Waals surface area contributed by atoms with Gasteiger partial charge in [-0.1, -0.05) is 12.1 Å². The van der Waals surface area contributed by atoms with E-state index in [0.717, 1.165) is 11.6 Å². The molecule has 1 amide bonds. The van der Waals surface area contributed by atoms with E-state index in [1.807, 2.05) is 0 Å². The van der Waals surface area contributed by atoms with E-state index in [1.165, 1.54) is 35.3 Å². The van der Waals surface area contributed by atoms with Crippen LogP contribution in [0.3, 0.4) is 0 Å². The van der Waals surface area contributed by atoms with Crippen LogP contribution in [-0.4, -0.2) is 41.1 Å². The number of carbonyl (C=O) groups excluding carboxylic acids is 1. The number of primary sulfonamides is 1. The molecule has 0 fully saturated rings. The number of hydrogen-bond donors (Lipinski definition) is 2. The Morgan fingerprint density at radius 3 is 2.56 bits per heavy atom. The van der Waals surface area contributed by atoms with Crippen molar-refractivity contribution in [3.05, 3.63) is 65.7 Å². The van der Waals surface area contributed by atoms with Gasteiger partial charge in [0.1, 0.15) is 12.1 Å². The van der Waals surface area contributed by atoms with Crippen LogP contribution < -0.4 is 10.5 Å². The summed E-state index contributed by atoms with van der Waals surface area (Å²) in [6.07, 6.45) is 1.75. The summed E-state index contributed by atoms with van der Waals surface area (Å²) < 4.78 is 37.3. The molecule has 0 aliphatic rings. The Kier molecular flexibility index (Phi) is 5.23. The van der Waals surface area contributed by atoms with Gasteiger partial charge in [0, 0.05) is 6.54 Å². The number of rotatable bonds is 6. The van der Waals surface area contributed by atoms with Crippen LogP contribution in [0.1, 0.15) is 15.9 Å². The zero-order valence-corrected chi connectivity index (χ0v) is 14.7. The predicted octanol–water partition coefficient (Wildman–Crippen LogP) is 0.421. The normalized spacial score (nSPS) is 11.3. The summed E-state index contributed by atoms with van der Waals surface area (Å²) in [4.78, 5) is 12.4. The van der Waals surface area contributed by atoms with Crippen molar-refractivity contribution in [3.8, 4) is 5.69 Å². The molecule has 3 N–H and O–H groups in total. The lowest BCUT2D eigenvalue weighted by Crippen LogP contribution is -2.27. The van der Waals surface area contributed by atoms with Crippen LogP contribution >= 0.6 is 0 Å². The maximum Gasteiger partial charge on any atom is 0.253 e. The molecule has 0 atom stereocenters. The van der Waals surface area contributed by atoms with Gasteiger partial charge < -0.3 is 5.32 Å². The van der Waals surface area contributed by atoms with Crippen molar-refractivity contribution in [1.29, 1.82) is 0 Å². The lowest BCUT2D eigenvalue weighted by molar-refractivity contribution is 0.0953. The molecule has 0 aliphatic heterocycles. The van der Waals surface area contributed by atoms with Crippen molar-refractivity contribution in [2.24, 2.45) is 5.14 Å². The van der Waals surface area contributed by atoms with Gasteiger partial charge in [0.25, 0.3) is 5.91 Å². The van der Waals surface area contributed by atoms with Crippen LogP contribution in [-0.2, 0) is 16.4 Å². The highest BCUT2D eigenvalue weighted by Gasteiger charge is 2.15. The molecule has 9 nitrogen and oxygen atoms in total. The molecule has 11 heteroatoms. The van der Waals surface area contributed by atoms with Crippen LogP contribution in [0.4, 0.5) is 4.39 Å². The lowest BCUT2D eigenvalue weighted by atomic mass is 10.1. The average molecular weight is 390 g/mol. The molecule has 27 heavy (non-hydrogen) atoms. The van der Waals surface area contributed by atoms with Crippen molar-refractivity contribution in [2.45, 2.75) is 11.3 Å². The summed E-state index contributed by atoms with van der Waals surface area (Å²) >= 11 is 0. The van der Waals surface area contributed by atoms with E-state index in [1.54, 1.807) is 12.1 Å². The number of halogens is 1. The van der Waals surface area contributed by atoms with Gasteiger partial charge in [-0.15, -0.1) is 5.10 Å². The van der Waals surface area contributed by atoms with Crippen LogP contribution in [0, 0.1) is 5.82 Å². The maximum atomic E-state index is 13.6. The fourth-order valence-electron chi connectivity index (χ4n) is 2.42. The van der Waals surface area contributed by atoms with Crippen LogP contribution in [0.15, 0.2) is 53.7 Å². The molecular formula is C16H15FN6O3S. The molecule has 3 aromatic rings. The van der Waals surface area contributed by atoms with Gasteiger partial charge in [-0.3, -0.25) is 4.79 Å². The summed E-state index contributed by atoms with van der Waals surface area (Å²) in [6, 6.07) is 9.74. The Labute approximate surface area is 154 Å². The highest BCUT2D eigenvalue weighted by molar-refractivity contribution is 7.89. The summed E-state index contributed by atoms with van der Waals surface area (Å²) in [5, 5.41) is 18.5. The Bertz CT molecular complexity index is 1050. The number of amides is 1. The third-order valence-corrected chi connectivity index (χ3v) is 4.68. The molecule has 3 rings (SSSR count). The van der Waals surface area contributed by atoms with E-state index < -0.39 is 21.7 Å². The first-order valence-corrected chi connectivity index (χ1v) is 9.32. The van der Waals surface area contributed by atoms with Gasteiger partial charge in [0.05, 0.1) is 16.1 Å². The monoisotopic (exact) mass is 390 g/mol. The second-order valence-electron chi connectivity index (χ2n) is 5.61. The van der Waals surface area contributed by atoms with E-state index in [-0.39, 0.29) is 17.0 Å². The number of nitrogens with one attached hydrogen (secondary N) is 1. The number of carbonyl (C=O) groups is 1. The minimum atomic E-state index is -3.74. The second-order valence-corrected chi connectivity index (χ2v) is 7.17. The second kappa shape index (κ2) is 7.60. The van der Waals surface area contributed by atoms with Crippen molar-refractivity contribution < 1.29 is 17.6 Å². The van der Waals surface area contributed by atoms with Gasteiger partial charge in [0.2, 0.25) is 10.0 Å². The number of nitrogens with zero attached hydrogens (tertiary/aromatic N) is 4. The van der Waals surface area contributed by atoms with Gasteiger partial charge in [-0.05, 0) is 52.7 Å². The minimum absolute atomic E-state index is 0.0149. The third-order valence-electron chi connectivity index (χ3n) is 3.75. The Morgan fingerprint density at radius 1 is 1.19 bits per heavy atom. The molecular weight excluding hydrogens is 375 g/mol. The Balaban J connectivity index is 1.67. The lowest BCUT2D eigenvalue weighted by Gasteiger charge is -2.10. The summed E-state index contributed by atoms with van der Waals surface area (Å²) in [6.45, 7) is 0.263. The van der Waals surface area contributed by atoms with Crippen molar-refractivity contribution in [3.63, 3.8) is 0 Å². The molecule has 0 bridgehead atoms. The largest absolute Gasteiger partial charge is 0.352 e. The van der Waals surface area contributed by atoms with E-state index in [0.29, 0.717) is 12.1 Å². The highest BCUT2D eigenvalue weighted by Crippen LogP contribution is 2.15. The molecule has 1 aromatic heterocycles. The van der Waals surface area contributed by atoms with Crippen LogP contribution in [0.25, 0.3) is 5.69 Å². The first kappa shape index (κ1) is 18.6. The molecule has 0 saturated carbocycles. The Morgan fingerprint density at radius 2 is 1.93 bits per heavy atom. The molecule has 0 unspecified atom stereocenters.